The van der Waals surface area contributed by atoms with Crippen molar-refractivity contribution in [2.24, 2.45) is 5.92 Å². The molecule has 204 valence electrons. The van der Waals surface area contributed by atoms with Crippen LogP contribution in [0.4, 0.5) is 23.2 Å². The first-order valence-corrected chi connectivity index (χ1v) is 11.2. The van der Waals surface area contributed by atoms with Crippen molar-refractivity contribution in [1.29, 1.82) is 0 Å². The van der Waals surface area contributed by atoms with Gasteiger partial charge in [0.15, 0.2) is 23.2 Å². The van der Waals surface area contributed by atoms with Crippen molar-refractivity contribution in [1.82, 2.24) is 5.32 Å². The van der Waals surface area contributed by atoms with Crippen LogP contribution in [0.3, 0.4) is 0 Å². The van der Waals surface area contributed by atoms with Crippen molar-refractivity contribution < 1.29 is 51.4 Å². The lowest BCUT2D eigenvalue weighted by Crippen LogP contribution is -2.45. The Hall–Kier alpha value is -4.29. The van der Waals surface area contributed by atoms with E-state index in [1.807, 2.05) is 0 Å². The van der Waals surface area contributed by atoms with Crippen LogP contribution in [0.25, 0.3) is 0 Å². The van der Waals surface area contributed by atoms with Crippen LogP contribution in [0, 0.1) is 36.1 Å². The highest BCUT2D eigenvalue weighted by molar-refractivity contribution is 6.41. The molecule has 0 bridgehead atoms. The van der Waals surface area contributed by atoms with Gasteiger partial charge < -0.3 is 20.5 Å². The molecule has 9 nitrogen and oxygen atoms in total. The average molecular weight is 540 g/mol. The van der Waals surface area contributed by atoms with Gasteiger partial charge in [0.2, 0.25) is 23.3 Å². The first kappa shape index (κ1) is 29.9. The summed E-state index contributed by atoms with van der Waals surface area (Å²) in [7, 11) is 0. The molecule has 2 rings (SSSR count). The molecule has 0 aliphatic heterocycles. The van der Waals surface area contributed by atoms with Gasteiger partial charge in [-0.15, -0.1) is 0 Å². The molecule has 0 aromatic heterocycles. The van der Waals surface area contributed by atoms with Crippen LogP contribution in [0.1, 0.15) is 31.7 Å². The molecule has 0 unspecified atom stereocenters. The molecule has 2 atom stereocenters. The van der Waals surface area contributed by atoms with E-state index in [4.69, 9.17) is 5.11 Å². The fourth-order valence-electron chi connectivity index (χ4n) is 3.19. The Kier molecular flexibility index (Phi) is 10.5. The number of hydrogen-bond acceptors (Lipinski definition) is 6. The largest absolute Gasteiger partial charge is 0.481 e. The second-order valence-electron chi connectivity index (χ2n) is 8.34. The zero-order chi connectivity index (χ0) is 28.6. The standard InChI is InChI=1S/C25H24F4N2O7/c1-12-5-3-4-6-16(12)30-25(37)18(32)9-13(2)24(36)31-17(7-8-20(34)35)19(33)11-38-23-21(28)14(26)10-15(27)22(23)29/h3-6,10,13,17H,7-9,11H2,1-2H3,(H,30,37)(H,31,36)(H,34,35)/t13-,17+/m1/s1. The molecule has 0 heterocycles. The number of ether oxygens (including phenoxy) is 1. The fourth-order valence-corrected chi connectivity index (χ4v) is 3.19. The van der Waals surface area contributed by atoms with Crippen LogP contribution in [-0.4, -0.2) is 47.1 Å². The monoisotopic (exact) mass is 540 g/mol. The summed E-state index contributed by atoms with van der Waals surface area (Å²) in [6.45, 7) is 1.82. The van der Waals surface area contributed by atoms with Gasteiger partial charge in [0.25, 0.3) is 5.91 Å². The summed E-state index contributed by atoms with van der Waals surface area (Å²) in [5.74, 6) is -15.2. The van der Waals surface area contributed by atoms with Crippen molar-refractivity contribution in [2.75, 3.05) is 11.9 Å². The summed E-state index contributed by atoms with van der Waals surface area (Å²) in [5, 5.41) is 13.6. The minimum Gasteiger partial charge on any atom is -0.481 e. The summed E-state index contributed by atoms with van der Waals surface area (Å²) < 4.78 is 58.9. The van der Waals surface area contributed by atoms with Crippen molar-refractivity contribution >= 4 is 35.0 Å². The first-order chi connectivity index (χ1) is 17.8. The van der Waals surface area contributed by atoms with Crippen molar-refractivity contribution in [3.05, 3.63) is 59.2 Å². The van der Waals surface area contributed by atoms with Gasteiger partial charge in [-0.05, 0) is 25.0 Å². The summed E-state index contributed by atoms with van der Waals surface area (Å²) in [5.41, 5.74) is 1.09. The molecule has 0 saturated carbocycles. The van der Waals surface area contributed by atoms with Crippen LogP contribution in [-0.2, 0) is 24.0 Å². The van der Waals surface area contributed by atoms with Gasteiger partial charge in [-0.1, -0.05) is 25.1 Å². The van der Waals surface area contributed by atoms with E-state index >= 15 is 0 Å². The third kappa shape index (κ3) is 8.11. The number of carboxylic acid groups (broad SMARTS) is 1. The second kappa shape index (κ2) is 13.3. The number of carbonyl (C=O) groups is 5. The number of aryl methyl sites for hydroxylation is 1. The number of aliphatic carboxylic acids is 1. The molecule has 13 heteroatoms. The predicted octanol–water partition coefficient (Wildman–Crippen LogP) is 3.08. The number of amides is 2. The molecule has 0 fully saturated rings. The number of halogens is 4. The van der Waals surface area contributed by atoms with Crippen molar-refractivity contribution in [2.45, 2.75) is 39.2 Å². The number of Topliss-reactive ketones (excluding diaryl/α,β-unsaturated/α-hetero) is 2. The van der Waals surface area contributed by atoms with E-state index in [1.54, 1.807) is 31.2 Å². The zero-order valence-corrected chi connectivity index (χ0v) is 20.3. The number of nitrogens with one attached hydrogen (secondary N) is 2. The number of carboxylic acids is 1. The van der Waals surface area contributed by atoms with Gasteiger partial charge in [-0.3, -0.25) is 24.0 Å². The van der Waals surface area contributed by atoms with Gasteiger partial charge in [0, 0.05) is 30.5 Å². The van der Waals surface area contributed by atoms with Crippen molar-refractivity contribution in [3.63, 3.8) is 0 Å². The highest BCUT2D eigenvalue weighted by Crippen LogP contribution is 2.26. The van der Waals surface area contributed by atoms with Gasteiger partial charge in [-0.25, -0.2) is 8.78 Å². The molecule has 0 saturated heterocycles. The summed E-state index contributed by atoms with van der Waals surface area (Å²) in [4.78, 5) is 60.6. The minimum atomic E-state index is -1.89. The van der Waals surface area contributed by atoms with Gasteiger partial charge >= 0.3 is 5.97 Å². The Morgan fingerprint density at radius 1 is 1.00 bits per heavy atom. The quantitative estimate of drug-likeness (QED) is 0.202. The number of hydrogen-bond donors (Lipinski definition) is 3. The number of para-hydroxylation sites is 1. The fraction of sp³-hybridized carbons (Fsp3) is 0.320. The highest BCUT2D eigenvalue weighted by Gasteiger charge is 2.28. The van der Waals surface area contributed by atoms with Crippen LogP contribution in [0.5, 0.6) is 5.75 Å². The van der Waals surface area contributed by atoms with E-state index in [0.29, 0.717) is 11.3 Å². The van der Waals surface area contributed by atoms with E-state index in [-0.39, 0.29) is 6.07 Å². The summed E-state index contributed by atoms with van der Waals surface area (Å²) in [6, 6.07) is 5.06. The Morgan fingerprint density at radius 3 is 2.18 bits per heavy atom. The Balaban J connectivity index is 2.04. The number of ketones is 2. The lowest BCUT2D eigenvalue weighted by Gasteiger charge is -2.20. The Bertz CT molecular complexity index is 1230. The molecule has 2 aromatic rings. The number of anilines is 1. The summed E-state index contributed by atoms with van der Waals surface area (Å²) in [6.07, 6.45) is -1.64. The van der Waals surface area contributed by atoms with Gasteiger partial charge in [0.05, 0.1) is 6.04 Å². The van der Waals surface area contributed by atoms with E-state index in [2.05, 4.69) is 15.4 Å². The molecule has 0 aliphatic rings. The molecule has 0 spiro atoms. The molecule has 2 amide bonds. The van der Waals surface area contributed by atoms with Crippen LogP contribution < -0.4 is 15.4 Å². The van der Waals surface area contributed by atoms with E-state index < -0.39 is 96.2 Å². The normalized spacial score (nSPS) is 12.3. The van der Waals surface area contributed by atoms with E-state index in [9.17, 15) is 41.5 Å². The Morgan fingerprint density at radius 2 is 1.61 bits per heavy atom. The Labute approximate surface area is 214 Å². The number of rotatable bonds is 13. The maximum atomic E-state index is 13.8. The zero-order valence-electron chi connectivity index (χ0n) is 20.3. The predicted molar refractivity (Wildman–Crippen MR) is 124 cm³/mol. The maximum absolute atomic E-state index is 13.8. The lowest BCUT2D eigenvalue weighted by molar-refractivity contribution is -0.139. The van der Waals surface area contributed by atoms with Crippen LogP contribution in [0.2, 0.25) is 0 Å². The molecule has 0 radical (unpaired) electrons. The highest BCUT2D eigenvalue weighted by atomic mass is 19.2. The topological polar surface area (TPSA) is 139 Å². The summed E-state index contributed by atoms with van der Waals surface area (Å²) >= 11 is 0. The third-order valence-electron chi connectivity index (χ3n) is 5.37. The first-order valence-electron chi connectivity index (χ1n) is 11.2. The van der Waals surface area contributed by atoms with Gasteiger partial charge in [0.1, 0.15) is 6.61 Å². The van der Waals surface area contributed by atoms with Crippen LogP contribution in [0.15, 0.2) is 30.3 Å². The smallest absolute Gasteiger partial charge is 0.303 e. The van der Waals surface area contributed by atoms with Gasteiger partial charge in [-0.2, -0.15) is 8.78 Å². The minimum absolute atomic E-state index is 0.0564. The maximum Gasteiger partial charge on any atom is 0.303 e. The van der Waals surface area contributed by atoms with E-state index in [0.717, 1.165) is 0 Å². The average Bonchev–Trinajstić information content (AvgIpc) is 2.86. The lowest BCUT2D eigenvalue weighted by atomic mass is 10.0. The second-order valence-corrected chi connectivity index (χ2v) is 8.34. The molecule has 2 aromatic carbocycles. The number of benzene rings is 2. The van der Waals surface area contributed by atoms with Crippen molar-refractivity contribution in [3.8, 4) is 5.75 Å². The molecule has 3 N–H and O–H groups in total. The third-order valence-corrected chi connectivity index (χ3v) is 5.37. The molecular formula is C25H24F4N2O7. The molecule has 0 aliphatic carbocycles. The molecular weight excluding hydrogens is 516 g/mol. The molecule has 38 heavy (non-hydrogen) atoms. The SMILES string of the molecule is Cc1ccccc1NC(=O)C(=O)C[C@@H](C)C(=O)N[C@@H](CCC(=O)O)C(=O)COc1c(F)c(F)cc(F)c1F. The van der Waals surface area contributed by atoms with E-state index in [1.165, 1.54) is 6.92 Å². The van der Waals surface area contributed by atoms with Crippen LogP contribution >= 0.6 is 0 Å². The number of carbonyl (C=O) groups excluding carboxylic acids is 4.